The van der Waals surface area contributed by atoms with Gasteiger partial charge >= 0.3 is 0 Å². The largest absolute Gasteiger partial charge is 0.381 e. The highest BCUT2D eigenvalue weighted by Gasteiger charge is 2.22. The molecule has 0 heterocycles. The molecule has 0 aromatic rings. The molecule has 0 aromatic carbocycles. The molecule has 11 heavy (non-hydrogen) atoms. The van der Waals surface area contributed by atoms with Crippen LogP contribution in [0.15, 0.2) is 0 Å². The van der Waals surface area contributed by atoms with Gasteiger partial charge in [-0.2, -0.15) is 0 Å². The Labute approximate surface area is 77.6 Å². The number of hydrogen-bond acceptors (Lipinski definition) is 1. The Morgan fingerprint density at radius 3 is 2.73 bits per heavy atom. The average Bonchev–Trinajstić information content (AvgIpc) is 2.03. The van der Waals surface area contributed by atoms with E-state index in [9.17, 15) is 0 Å². The van der Waals surface area contributed by atoms with Gasteiger partial charge in [0.15, 0.2) is 0 Å². The number of halogens is 1. The minimum atomic E-state index is 0.711. The highest BCUT2D eigenvalue weighted by atomic mass is 79.9. The Bertz CT molecular complexity index is 106. The van der Waals surface area contributed by atoms with E-state index < -0.39 is 0 Å². The first-order valence-electron chi connectivity index (χ1n) is 4.56. The average molecular weight is 221 g/mol. The van der Waals surface area contributed by atoms with Gasteiger partial charge in [-0.3, -0.25) is 0 Å². The van der Waals surface area contributed by atoms with Crippen LogP contribution in [0.1, 0.15) is 32.6 Å². The lowest BCUT2D eigenvalue weighted by Gasteiger charge is -2.26. The summed E-state index contributed by atoms with van der Waals surface area (Å²) in [5, 5.41) is 0. The van der Waals surface area contributed by atoms with Gasteiger partial charge < -0.3 is 4.74 Å². The van der Waals surface area contributed by atoms with Gasteiger partial charge in [0.25, 0.3) is 0 Å². The smallest absolute Gasteiger partial charge is 0.0504 e. The van der Waals surface area contributed by atoms with E-state index in [1.165, 1.54) is 25.7 Å². The third-order valence-electron chi connectivity index (χ3n) is 2.35. The van der Waals surface area contributed by atoms with E-state index >= 15 is 0 Å². The maximum atomic E-state index is 5.41. The number of ether oxygens (including phenoxy) is 1. The van der Waals surface area contributed by atoms with Crippen LogP contribution in [0.4, 0.5) is 0 Å². The first kappa shape index (κ1) is 9.53. The molecule has 0 bridgehead atoms. The van der Waals surface area contributed by atoms with Gasteiger partial charge in [-0.05, 0) is 25.7 Å². The zero-order valence-electron chi connectivity index (χ0n) is 7.18. The maximum Gasteiger partial charge on any atom is 0.0504 e. The van der Waals surface area contributed by atoms with Gasteiger partial charge in [0, 0.05) is 11.4 Å². The minimum Gasteiger partial charge on any atom is -0.381 e. The Morgan fingerprint density at radius 1 is 1.36 bits per heavy atom. The molecule has 2 heteroatoms. The van der Waals surface area contributed by atoms with Gasteiger partial charge in [-0.15, -0.1) is 0 Å². The van der Waals surface area contributed by atoms with Crippen molar-refractivity contribution in [1.82, 2.24) is 0 Å². The van der Waals surface area contributed by atoms with E-state index in [2.05, 4.69) is 22.9 Å². The molecule has 1 aliphatic rings. The second kappa shape index (κ2) is 5.15. The van der Waals surface area contributed by atoms with Gasteiger partial charge in [0.05, 0.1) is 6.61 Å². The zero-order chi connectivity index (χ0) is 8.10. The fourth-order valence-corrected chi connectivity index (χ4v) is 2.36. The predicted molar refractivity (Wildman–Crippen MR) is 51.2 cm³/mol. The molecule has 1 saturated carbocycles. The highest BCUT2D eigenvalue weighted by Crippen LogP contribution is 2.29. The second-order valence-corrected chi connectivity index (χ2v) is 4.40. The van der Waals surface area contributed by atoms with Crippen LogP contribution in [0, 0.1) is 5.92 Å². The Hall–Kier alpha value is 0.440. The summed E-state index contributed by atoms with van der Waals surface area (Å²) in [5.41, 5.74) is 0. The third-order valence-corrected chi connectivity index (χ3v) is 3.56. The number of hydrogen-bond donors (Lipinski definition) is 0. The van der Waals surface area contributed by atoms with Gasteiger partial charge in [-0.25, -0.2) is 0 Å². The molecule has 0 unspecified atom stereocenters. The quantitative estimate of drug-likeness (QED) is 0.665. The van der Waals surface area contributed by atoms with E-state index in [4.69, 9.17) is 4.74 Å². The topological polar surface area (TPSA) is 9.23 Å². The zero-order valence-corrected chi connectivity index (χ0v) is 8.77. The Balaban J connectivity index is 2.18. The lowest BCUT2D eigenvalue weighted by atomic mass is 9.90. The normalized spacial score (nSPS) is 32.2. The van der Waals surface area contributed by atoms with Crippen molar-refractivity contribution in [3.8, 4) is 0 Å². The molecule has 0 spiro atoms. The van der Waals surface area contributed by atoms with Gasteiger partial charge in [0.2, 0.25) is 0 Å². The molecule has 0 amide bonds. The van der Waals surface area contributed by atoms with Crippen LogP contribution in [0.3, 0.4) is 0 Å². The van der Waals surface area contributed by atoms with Crippen molar-refractivity contribution in [3.63, 3.8) is 0 Å². The second-order valence-electron chi connectivity index (χ2n) is 3.22. The molecule has 2 atom stereocenters. The van der Waals surface area contributed by atoms with Gasteiger partial charge in [-0.1, -0.05) is 28.8 Å². The summed E-state index contributed by atoms with van der Waals surface area (Å²) in [6.07, 6.45) is 5.45. The Morgan fingerprint density at radius 2 is 2.09 bits per heavy atom. The standard InChI is InChI=1S/C9H17BrO/c1-2-11-7-8-5-3-4-6-9(8)10/h8-9H,2-7H2,1H3/t8-,9+/m0/s1. The molecule has 0 N–H and O–H groups in total. The van der Waals surface area contributed by atoms with E-state index in [1.807, 2.05) is 0 Å². The molecule has 0 aromatic heterocycles. The Kier molecular flexibility index (Phi) is 4.46. The lowest BCUT2D eigenvalue weighted by Crippen LogP contribution is -2.23. The van der Waals surface area contributed by atoms with Crippen molar-refractivity contribution >= 4 is 15.9 Å². The summed E-state index contributed by atoms with van der Waals surface area (Å²) in [5.74, 6) is 0.767. The molecule has 1 rings (SSSR count). The molecule has 0 aliphatic heterocycles. The van der Waals surface area contributed by atoms with Crippen molar-refractivity contribution in [3.05, 3.63) is 0 Å². The third kappa shape index (κ3) is 3.12. The summed E-state index contributed by atoms with van der Waals surface area (Å²) in [4.78, 5) is 0.711. The summed E-state index contributed by atoms with van der Waals surface area (Å²) in [7, 11) is 0. The predicted octanol–water partition coefficient (Wildman–Crippen LogP) is 2.98. The maximum absolute atomic E-state index is 5.41. The van der Waals surface area contributed by atoms with Crippen LogP contribution >= 0.6 is 15.9 Å². The fourth-order valence-electron chi connectivity index (χ4n) is 1.62. The van der Waals surface area contributed by atoms with Crippen LogP contribution in [0.5, 0.6) is 0 Å². The number of alkyl halides is 1. The van der Waals surface area contributed by atoms with Crippen LogP contribution in [-0.4, -0.2) is 18.0 Å². The molecular formula is C9H17BrO. The van der Waals surface area contributed by atoms with Crippen molar-refractivity contribution in [2.24, 2.45) is 5.92 Å². The minimum absolute atomic E-state index is 0.711. The summed E-state index contributed by atoms with van der Waals surface area (Å²) < 4.78 is 5.41. The van der Waals surface area contributed by atoms with Crippen molar-refractivity contribution < 1.29 is 4.74 Å². The summed E-state index contributed by atoms with van der Waals surface area (Å²) >= 11 is 3.70. The van der Waals surface area contributed by atoms with Crippen molar-refractivity contribution in [2.75, 3.05) is 13.2 Å². The molecule has 1 nitrogen and oxygen atoms in total. The van der Waals surface area contributed by atoms with Gasteiger partial charge in [0.1, 0.15) is 0 Å². The molecule has 1 aliphatic carbocycles. The van der Waals surface area contributed by atoms with Crippen LogP contribution in [-0.2, 0) is 4.74 Å². The fraction of sp³-hybridized carbons (Fsp3) is 1.00. The van der Waals surface area contributed by atoms with E-state index in [0.717, 1.165) is 19.1 Å². The lowest BCUT2D eigenvalue weighted by molar-refractivity contribution is 0.0984. The van der Waals surface area contributed by atoms with E-state index in [0.29, 0.717) is 4.83 Å². The first-order chi connectivity index (χ1) is 5.34. The molecule has 0 radical (unpaired) electrons. The molecule has 66 valence electrons. The van der Waals surface area contributed by atoms with Crippen LogP contribution in [0.25, 0.3) is 0 Å². The van der Waals surface area contributed by atoms with Crippen molar-refractivity contribution in [2.45, 2.75) is 37.4 Å². The molecular weight excluding hydrogens is 204 g/mol. The van der Waals surface area contributed by atoms with E-state index in [-0.39, 0.29) is 0 Å². The van der Waals surface area contributed by atoms with Crippen molar-refractivity contribution in [1.29, 1.82) is 0 Å². The van der Waals surface area contributed by atoms with Crippen LogP contribution < -0.4 is 0 Å². The molecule has 0 saturated heterocycles. The summed E-state index contributed by atoms with van der Waals surface area (Å²) in [6, 6.07) is 0. The summed E-state index contributed by atoms with van der Waals surface area (Å²) in [6.45, 7) is 3.87. The number of rotatable bonds is 3. The molecule has 1 fully saturated rings. The van der Waals surface area contributed by atoms with E-state index in [1.54, 1.807) is 0 Å². The SMILES string of the molecule is CCOC[C@@H]1CCCC[C@H]1Br. The monoisotopic (exact) mass is 220 g/mol. The highest BCUT2D eigenvalue weighted by molar-refractivity contribution is 9.09. The van der Waals surface area contributed by atoms with Crippen LogP contribution in [0.2, 0.25) is 0 Å². The first-order valence-corrected chi connectivity index (χ1v) is 5.48.